The summed E-state index contributed by atoms with van der Waals surface area (Å²) in [6.07, 6.45) is 38.5. The van der Waals surface area contributed by atoms with Crippen LogP contribution in [-0.4, -0.2) is 27.6 Å². The van der Waals surface area contributed by atoms with Gasteiger partial charge in [-0.2, -0.15) is 0 Å². The largest absolute Gasteiger partial charge is 0.252 e. The fourth-order valence-corrected chi connectivity index (χ4v) is 10.5. The van der Waals surface area contributed by atoms with Gasteiger partial charge in [0.2, 0.25) is 0 Å². The van der Waals surface area contributed by atoms with Crippen molar-refractivity contribution in [1.29, 1.82) is 0 Å². The zero-order chi connectivity index (χ0) is 42.5. The van der Waals surface area contributed by atoms with Crippen LogP contribution in [0.4, 0.5) is 11.4 Å². The minimum absolute atomic E-state index is 0.636. The fraction of sp³-hybridized carbons (Fsp3) is 0.741. The highest BCUT2D eigenvalue weighted by molar-refractivity contribution is 6.77. The number of unbranched alkanes of at least 4 members (excludes halogenated alkanes) is 24. The summed E-state index contributed by atoms with van der Waals surface area (Å²) in [6.45, 7) is 24.2. The maximum Gasteiger partial charge on any atom is 0.0633 e. The summed E-state index contributed by atoms with van der Waals surface area (Å²) >= 11 is 0. The third kappa shape index (κ3) is 23.9. The van der Waals surface area contributed by atoms with Crippen molar-refractivity contribution in [2.45, 2.75) is 258 Å². The molecule has 2 atom stereocenters. The van der Waals surface area contributed by atoms with Gasteiger partial charge in [0.1, 0.15) is 0 Å². The zero-order valence-corrected chi connectivity index (χ0v) is 42.5. The SMILES string of the molecule is CCCCCCCCCCCCCCCCCCCCCCCCCCC(=Nc1ccc(C(C)[Si](C)(C)C)cc1)C(CCCC)=Nc1ccc(C(C)[Si](C)(C)C)cc1. The first kappa shape index (κ1) is 52.4. The van der Waals surface area contributed by atoms with Crippen LogP contribution in [0.5, 0.6) is 0 Å². The smallest absolute Gasteiger partial charge is 0.0633 e. The molecule has 330 valence electrons. The number of benzene rings is 2. The van der Waals surface area contributed by atoms with Gasteiger partial charge in [-0.05, 0) is 72.2 Å². The van der Waals surface area contributed by atoms with Gasteiger partial charge in [-0.15, -0.1) is 0 Å². The van der Waals surface area contributed by atoms with E-state index >= 15 is 0 Å². The van der Waals surface area contributed by atoms with E-state index in [1.54, 1.807) is 0 Å². The molecule has 0 aliphatic heterocycles. The second-order valence-electron chi connectivity index (χ2n) is 20.5. The second-order valence-corrected chi connectivity index (χ2v) is 31.7. The van der Waals surface area contributed by atoms with E-state index < -0.39 is 16.1 Å². The van der Waals surface area contributed by atoms with Gasteiger partial charge in [-0.1, -0.05) is 245 Å². The number of aliphatic imine (C=N–C) groups is 2. The third-order valence-electron chi connectivity index (χ3n) is 13.3. The van der Waals surface area contributed by atoms with Gasteiger partial charge in [0.25, 0.3) is 0 Å². The van der Waals surface area contributed by atoms with Gasteiger partial charge in [-0.25, -0.2) is 0 Å². The molecular formula is C54H96N2Si2. The van der Waals surface area contributed by atoms with Crippen molar-refractivity contribution in [1.82, 2.24) is 0 Å². The molecule has 0 N–H and O–H groups in total. The van der Waals surface area contributed by atoms with Crippen molar-refractivity contribution < 1.29 is 0 Å². The molecule has 2 rings (SSSR count). The fourth-order valence-electron chi connectivity index (χ4n) is 8.12. The Morgan fingerprint density at radius 1 is 0.362 bits per heavy atom. The zero-order valence-electron chi connectivity index (χ0n) is 40.5. The lowest BCUT2D eigenvalue weighted by Gasteiger charge is -2.25. The van der Waals surface area contributed by atoms with Crippen molar-refractivity contribution in [3.05, 3.63) is 59.7 Å². The monoisotopic (exact) mass is 829 g/mol. The van der Waals surface area contributed by atoms with Crippen molar-refractivity contribution >= 4 is 38.9 Å². The summed E-state index contributed by atoms with van der Waals surface area (Å²) in [5.41, 5.74) is 8.74. The lowest BCUT2D eigenvalue weighted by atomic mass is 10.0. The van der Waals surface area contributed by atoms with Crippen LogP contribution < -0.4 is 0 Å². The predicted octanol–water partition coefficient (Wildman–Crippen LogP) is 19.5. The quantitative estimate of drug-likeness (QED) is 0.0376. The summed E-state index contributed by atoms with van der Waals surface area (Å²) in [7, 11) is -2.51. The Hall–Kier alpha value is -1.79. The molecule has 0 fully saturated rings. The van der Waals surface area contributed by atoms with E-state index in [9.17, 15) is 0 Å². The standard InChI is InChI=1S/C54H96N2Si2/c1-11-13-15-16-17-18-19-20-21-22-23-24-25-26-27-28-29-30-31-32-33-34-35-36-38-54(56-52-45-41-50(42-46-52)48(4)58(8,9)10)53(37-14-12-2)55-51-43-39-49(40-44-51)47(3)57(5,6)7/h39-48H,11-38H2,1-10H3. The van der Waals surface area contributed by atoms with Gasteiger partial charge in [-0.3, -0.25) is 9.98 Å². The molecule has 0 saturated heterocycles. The van der Waals surface area contributed by atoms with Crippen LogP contribution in [0.25, 0.3) is 0 Å². The van der Waals surface area contributed by atoms with E-state index in [1.807, 2.05) is 0 Å². The number of hydrogen-bond acceptors (Lipinski definition) is 2. The predicted molar refractivity (Wildman–Crippen MR) is 271 cm³/mol. The molecule has 0 aromatic heterocycles. The normalized spacial score (nSPS) is 14.0. The molecule has 58 heavy (non-hydrogen) atoms. The molecular weight excluding hydrogens is 733 g/mol. The van der Waals surface area contributed by atoms with Crippen molar-refractivity contribution in [2.24, 2.45) is 9.98 Å². The summed E-state index contributed by atoms with van der Waals surface area (Å²) in [5.74, 6) is 0. The van der Waals surface area contributed by atoms with Gasteiger partial charge in [0.05, 0.1) is 38.9 Å². The Morgan fingerprint density at radius 2 is 0.603 bits per heavy atom. The van der Waals surface area contributed by atoms with Crippen molar-refractivity contribution in [3.63, 3.8) is 0 Å². The Labute approximate surface area is 364 Å². The second kappa shape index (κ2) is 31.1. The first-order valence-corrected chi connectivity index (χ1v) is 32.4. The summed E-state index contributed by atoms with van der Waals surface area (Å²) < 4.78 is 0. The van der Waals surface area contributed by atoms with Crippen LogP contribution >= 0.6 is 0 Å². The first-order chi connectivity index (χ1) is 27.9. The summed E-state index contributed by atoms with van der Waals surface area (Å²) in [5, 5.41) is 0. The van der Waals surface area contributed by atoms with E-state index in [-0.39, 0.29) is 0 Å². The molecule has 0 bridgehead atoms. The maximum absolute atomic E-state index is 5.38. The number of hydrogen-bond donors (Lipinski definition) is 0. The minimum Gasteiger partial charge on any atom is -0.252 e. The van der Waals surface area contributed by atoms with Crippen molar-refractivity contribution in [3.8, 4) is 0 Å². The highest BCUT2D eigenvalue weighted by atomic mass is 28.3. The van der Waals surface area contributed by atoms with E-state index in [2.05, 4.69) is 116 Å². The van der Waals surface area contributed by atoms with E-state index in [1.165, 1.54) is 183 Å². The Balaban J connectivity index is 1.79. The van der Waals surface area contributed by atoms with E-state index in [0.717, 1.165) is 30.6 Å². The molecule has 0 amide bonds. The van der Waals surface area contributed by atoms with Crippen LogP contribution in [0, 0.1) is 0 Å². The Bertz CT molecular complexity index is 1350. The molecule has 0 aliphatic carbocycles. The number of nitrogens with zero attached hydrogens (tertiary/aromatic N) is 2. The van der Waals surface area contributed by atoms with Crippen LogP contribution in [-0.2, 0) is 0 Å². The lowest BCUT2D eigenvalue weighted by molar-refractivity contribution is 0.517. The number of rotatable bonds is 35. The molecule has 2 aromatic rings. The topological polar surface area (TPSA) is 24.7 Å². The lowest BCUT2D eigenvalue weighted by Crippen LogP contribution is -2.28. The maximum atomic E-state index is 5.38. The molecule has 0 heterocycles. The third-order valence-corrected chi connectivity index (χ3v) is 19.1. The molecule has 0 spiro atoms. The van der Waals surface area contributed by atoms with Crippen LogP contribution in [0.1, 0.15) is 230 Å². The van der Waals surface area contributed by atoms with Crippen molar-refractivity contribution in [2.75, 3.05) is 0 Å². The van der Waals surface area contributed by atoms with E-state index in [4.69, 9.17) is 9.98 Å². The molecule has 2 nitrogen and oxygen atoms in total. The van der Waals surface area contributed by atoms with Gasteiger partial charge < -0.3 is 0 Å². The Kier molecular flexibility index (Phi) is 28.1. The van der Waals surface area contributed by atoms with Gasteiger partial charge in [0.15, 0.2) is 0 Å². The average Bonchev–Trinajstić information content (AvgIpc) is 3.20. The van der Waals surface area contributed by atoms with E-state index in [0.29, 0.717) is 11.1 Å². The summed E-state index contributed by atoms with van der Waals surface area (Å²) in [4.78, 5) is 10.7. The highest BCUT2D eigenvalue weighted by Gasteiger charge is 2.24. The van der Waals surface area contributed by atoms with Gasteiger partial charge >= 0.3 is 0 Å². The average molecular weight is 830 g/mol. The molecule has 4 heteroatoms. The van der Waals surface area contributed by atoms with Crippen LogP contribution in [0.3, 0.4) is 0 Å². The molecule has 0 aliphatic rings. The van der Waals surface area contributed by atoms with Crippen LogP contribution in [0.15, 0.2) is 58.5 Å². The Morgan fingerprint density at radius 3 is 0.862 bits per heavy atom. The van der Waals surface area contributed by atoms with Crippen LogP contribution in [0.2, 0.25) is 39.3 Å². The molecule has 2 aromatic carbocycles. The highest BCUT2D eigenvalue weighted by Crippen LogP contribution is 2.30. The molecule has 2 unspecified atom stereocenters. The first-order valence-electron chi connectivity index (χ1n) is 25.2. The molecule has 0 saturated carbocycles. The molecule has 0 radical (unpaired) electrons. The van der Waals surface area contributed by atoms with Gasteiger partial charge in [0, 0.05) is 0 Å². The summed E-state index contributed by atoms with van der Waals surface area (Å²) in [6, 6.07) is 18.4. The minimum atomic E-state index is -1.26.